The molecule has 1 aliphatic carbocycles. The predicted molar refractivity (Wildman–Crippen MR) is 59.8 cm³/mol. The molecular weight excluding hydrogens is 208 g/mol. The van der Waals surface area contributed by atoms with Crippen molar-refractivity contribution in [2.75, 3.05) is 0 Å². The smallest absolute Gasteiger partial charge is 0.132 e. The average Bonchev–Trinajstić information content (AvgIpc) is 2.18. The lowest BCUT2D eigenvalue weighted by Gasteiger charge is -2.31. The van der Waals surface area contributed by atoms with Gasteiger partial charge in [0.1, 0.15) is 11.2 Å². The molecule has 0 atom stereocenters. The van der Waals surface area contributed by atoms with E-state index in [0.29, 0.717) is 10.7 Å². The van der Waals surface area contributed by atoms with Gasteiger partial charge in [-0.2, -0.15) is 5.26 Å². The van der Waals surface area contributed by atoms with Crippen LogP contribution in [0, 0.1) is 16.7 Å². The number of aromatic nitrogens is 1. The van der Waals surface area contributed by atoms with Gasteiger partial charge >= 0.3 is 0 Å². The first kappa shape index (κ1) is 10.4. The lowest BCUT2D eigenvalue weighted by molar-refractivity contribution is 0.314. The molecular formula is C12H13ClN2. The van der Waals surface area contributed by atoms with E-state index in [-0.39, 0.29) is 5.41 Å². The molecule has 3 heteroatoms. The van der Waals surface area contributed by atoms with Crippen LogP contribution in [0.3, 0.4) is 0 Å². The molecule has 0 aliphatic heterocycles. The number of nitriles is 1. The first-order chi connectivity index (χ1) is 7.03. The Bertz CT molecular complexity index is 444. The Kier molecular flexibility index (Phi) is 2.44. The Morgan fingerprint density at radius 2 is 2.20 bits per heavy atom. The summed E-state index contributed by atoms with van der Waals surface area (Å²) in [5, 5.41) is 9.55. The SMILES string of the molecule is CC1(C)CCc2c(C#N)cnc(Cl)c2C1. The Balaban J connectivity index is 2.56. The fourth-order valence-corrected chi connectivity index (χ4v) is 2.39. The summed E-state index contributed by atoms with van der Waals surface area (Å²) in [7, 11) is 0. The minimum Gasteiger partial charge on any atom is -0.243 e. The molecule has 0 unspecified atom stereocenters. The zero-order chi connectivity index (χ0) is 11.1. The first-order valence-corrected chi connectivity index (χ1v) is 5.48. The Labute approximate surface area is 94.9 Å². The van der Waals surface area contributed by atoms with Crippen LogP contribution in [0.5, 0.6) is 0 Å². The molecule has 78 valence electrons. The highest BCUT2D eigenvalue weighted by atomic mass is 35.5. The minimum absolute atomic E-state index is 0.270. The number of nitrogens with zero attached hydrogens (tertiary/aromatic N) is 2. The van der Waals surface area contributed by atoms with Crippen LogP contribution in [0.4, 0.5) is 0 Å². The topological polar surface area (TPSA) is 36.7 Å². The summed E-state index contributed by atoms with van der Waals surface area (Å²) >= 11 is 6.08. The van der Waals surface area contributed by atoms with E-state index in [4.69, 9.17) is 16.9 Å². The molecule has 1 aromatic rings. The van der Waals surface area contributed by atoms with Gasteiger partial charge < -0.3 is 0 Å². The van der Waals surface area contributed by atoms with Gasteiger partial charge in [0.05, 0.1) is 5.56 Å². The van der Waals surface area contributed by atoms with E-state index in [2.05, 4.69) is 24.9 Å². The molecule has 0 saturated heterocycles. The van der Waals surface area contributed by atoms with Crippen molar-refractivity contribution in [3.05, 3.63) is 28.0 Å². The number of halogens is 1. The van der Waals surface area contributed by atoms with E-state index >= 15 is 0 Å². The van der Waals surface area contributed by atoms with Gasteiger partial charge in [-0.25, -0.2) is 4.98 Å². The zero-order valence-corrected chi connectivity index (χ0v) is 9.73. The number of hydrogen-bond acceptors (Lipinski definition) is 2. The van der Waals surface area contributed by atoms with Crippen LogP contribution in [-0.2, 0) is 12.8 Å². The van der Waals surface area contributed by atoms with E-state index < -0.39 is 0 Å². The van der Waals surface area contributed by atoms with Gasteiger partial charge in [0.2, 0.25) is 0 Å². The summed E-state index contributed by atoms with van der Waals surface area (Å²) < 4.78 is 0. The number of rotatable bonds is 0. The fraction of sp³-hybridized carbons (Fsp3) is 0.500. The minimum atomic E-state index is 0.270. The van der Waals surface area contributed by atoms with E-state index in [0.717, 1.165) is 30.4 Å². The zero-order valence-electron chi connectivity index (χ0n) is 8.97. The largest absolute Gasteiger partial charge is 0.243 e. The van der Waals surface area contributed by atoms with Crippen molar-refractivity contribution in [2.24, 2.45) is 5.41 Å². The Morgan fingerprint density at radius 1 is 1.47 bits per heavy atom. The van der Waals surface area contributed by atoms with E-state index in [1.807, 2.05) is 0 Å². The standard InChI is InChI=1S/C12H13ClN2/c1-12(2)4-3-9-8(6-14)7-15-11(13)10(9)5-12/h7H,3-5H2,1-2H3. The van der Waals surface area contributed by atoms with Gasteiger partial charge in [0.15, 0.2) is 0 Å². The molecule has 0 amide bonds. The highest BCUT2D eigenvalue weighted by Gasteiger charge is 2.28. The van der Waals surface area contributed by atoms with E-state index in [9.17, 15) is 0 Å². The van der Waals surface area contributed by atoms with Crippen LogP contribution in [0.2, 0.25) is 5.15 Å². The van der Waals surface area contributed by atoms with Crippen molar-refractivity contribution in [1.29, 1.82) is 5.26 Å². The van der Waals surface area contributed by atoms with Gasteiger partial charge in [0.25, 0.3) is 0 Å². The van der Waals surface area contributed by atoms with Crippen molar-refractivity contribution in [3.63, 3.8) is 0 Å². The molecule has 2 nitrogen and oxygen atoms in total. The van der Waals surface area contributed by atoms with Gasteiger partial charge in [-0.05, 0) is 35.8 Å². The summed E-state index contributed by atoms with van der Waals surface area (Å²) in [5.74, 6) is 0. The monoisotopic (exact) mass is 220 g/mol. The van der Waals surface area contributed by atoms with Crippen molar-refractivity contribution in [2.45, 2.75) is 33.1 Å². The molecule has 1 heterocycles. The lowest BCUT2D eigenvalue weighted by atomic mass is 9.74. The maximum Gasteiger partial charge on any atom is 0.132 e. The van der Waals surface area contributed by atoms with Crippen molar-refractivity contribution in [3.8, 4) is 6.07 Å². The maximum atomic E-state index is 8.98. The van der Waals surface area contributed by atoms with Gasteiger partial charge in [-0.15, -0.1) is 0 Å². The van der Waals surface area contributed by atoms with Crippen LogP contribution >= 0.6 is 11.6 Å². The molecule has 0 saturated carbocycles. The summed E-state index contributed by atoms with van der Waals surface area (Å²) in [6.45, 7) is 4.45. The van der Waals surface area contributed by atoms with E-state index in [1.54, 1.807) is 6.20 Å². The summed E-state index contributed by atoms with van der Waals surface area (Å²) in [4.78, 5) is 4.07. The summed E-state index contributed by atoms with van der Waals surface area (Å²) in [6, 6.07) is 2.19. The first-order valence-electron chi connectivity index (χ1n) is 5.10. The summed E-state index contributed by atoms with van der Waals surface area (Å²) in [6.07, 6.45) is 4.55. The van der Waals surface area contributed by atoms with Crippen LogP contribution in [0.15, 0.2) is 6.20 Å². The highest BCUT2D eigenvalue weighted by Crippen LogP contribution is 2.38. The molecule has 1 aromatic heterocycles. The van der Waals surface area contributed by atoms with Gasteiger partial charge in [-0.1, -0.05) is 25.4 Å². The van der Waals surface area contributed by atoms with Gasteiger partial charge in [-0.3, -0.25) is 0 Å². The molecule has 0 N–H and O–H groups in total. The molecule has 15 heavy (non-hydrogen) atoms. The second-order valence-corrected chi connectivity index (χ2v) is 5.23. The van der Waals surface area contributed by atoms with Crippen molar-refractivity contribution >= 4 is 11.6 Å². The fourth-order valence-electron chi connectivity index (χ4n) is 2.16. The molecule has 0 bridgehead atoms. The predicted octanol–water partition coefficient (Wildman–Crippen LogP) is 3.12. The van der Waals surface area contributed by atoms with Crippen LogP contribution in [0.1, 0.15) is 37.0 Å². The van der Waals surface area contributed by atoms with Crippen LogP contribution < -0.4 is 0 Å². The van der Waals surface area contributed by atoms with E-state index in [1.165, 1.54) is 0 Å². The second-order valence-electron chi connectivity index (χ2n) is 4.87. The maximum absolute atomic E-state index is 8.98. The van der Waals surface area contributed by atoms with Crippen molar-refractivity contribution < 1.29 is 0 Å². The summed E-state index contributed by atoms with van der Waals surface area (Å²) in [5.41, 5.74) is 3.14. The molecule has 1 aliphatic rings. The number of pyridine rings is 1. The normalized spacial score (nSPS) is 18.0. The second kappa shape index (κ2) is 3.50. The van der Waals surface area contributed by atoms with Crippen molar-refractivity contribution in [1.82, 2.24) is 4.98 Å². The number of hydrogen-bond donors (Lipinski definition) is 0. The molecule has 0 fully saturated rings. The quantitative estimate of drug-likeness (QED) is 0.630. The van der Waals surface area contributed by atoms with Gasteiger partial charge in [0, 0.05) is 6.20 Å². The average molecular weight is 221 g/mol. The molecule has 0 aromatic carbocycles. The van der Waals surface area contributed by atoms with Crippen LogP contribution in [-0.4, -0.2) is 4.98 Å². The third kappa shape index (κ3) is 1.85. The third-order valence-corrected chi connectivity index (χ3v) is 3.40. The molecule has 2 rings (SSSR count). The third-order valence-electron chi connectivity index (χ3n) is 3.07. The lowest BCUT2D eigenvalue weighted by Crippen LogP contribution is -2.23. The Hall–Kier alpha value is -1.07. The Morgan fingerprint density at radius 3 is 2.87 bits per heavy atom. The highest BCUT2D eigenvalue weighted by molar-refractivity contribution is 6.30. The molecule has 0 radical (unpaired) electrons. The van der Waals surface area contributed by atoms with Crippen LogP contribution in [0.25, 0.3) is 0 Å². The molecule has 0 spiro atoms. The number of fused-ring (bicyclic) bond motifs is 1.